The fraction of sp³-hybridized carbons (Fsp3) is 0.692. The van der Waals surface area contributed by atoms with Crippen molar-refractivity contribution in [2.75, 3.05) is 0 Å². The quantitative estimate of drug-likeness (QED) is 0.683. The van der Waals surface area contributed by atoms with E-state index in [4.69, 9.17) is 11.6 Å². The Morgan fingerprint density at radius 1 is 1.11 bits per heavy atom. The smallest absolute Gasteiger partial charge is 0.147 e. The lowest BCUT2D eigenvalue weighted by atomic mass is 9.92. The highest BCUT2D eigenvalue weighted by atomic mass is 79.9. The normalized spacial score (nSPS) is 12.9. The van der Waals surface area contributed by atoms with Crippen molar-refractivity contribution in [3.05, 3.63) is 21.1 Å². The van der Waals surface area contributed by atoms with Gasteiger partial charge in [-0.05, 0) is 15.9 Å². The molecule has 5 heteroatoms. The summed E-state index contributed by atoms with van der Waals surface area (Å²) >= 11 is 11.5. The van der Waals surface area contributed by atoms with E-state index < -0.39 is 0 Å². The van der Waals surface area contributed by atoms with Crippen LogP contribution in [0.15, 0.2) is 4.47 Å². The van der Waals surface area contributed by atoms with Gasteiger partial charge in [0.05, 0.1) is 15.9 Å². The summed E-state index contributed by atoms with van der Waals surface area (Å²) in [6.07, 6.45) is 0. The number of aromatic nitrogens is 2. The lowest BCUT2D eigenvalue weighted by molar-refractivity contribution is 0.560. The van der Waals surface area contributed by atoms with Crippen LogP contribution in [0.25, 0.3) is 0 Å². The van der Waals surface area contributed by atoms with Crippen LogP contribution >= 0.6 is 39.3 Å². The minimum absolute atomic E-state index is 0.0490. The molecule has 0 aliphatic rings. The van der Waals surface area contributed by atoms with Gasteiger partial charge in [-0.25, -0.2) is 9.97 Å². The molecular weight excluding hydrogens is 332 g/mol. The Morgan fingerprint density at radius 2 is 1.67 bits per heavy atom. The molecule has 0 radical (unpaired) electrons. The van der Waals surface area contributed by atoms with Gasteiger partial charge in [0.1, 0.15) is 11.0 Å². The number of rotatable bonds is 2. The molecule has 0 aliphatic carbocycles. The zero-order chi connectivity index (χ0) is 14.1. The Bertz CT molecular complexity index is 436. The van der Waals surface area contributed by atoms with Crippen LogP contribution in [0.3, 0.4) is 0 Å². The molecule has 0 amide bonds. The van der Waals surface area contributed by atoms with Crippen LogP contribution in [-0.4, -0.2) is 14.7 Å². The standard InChI is InChI=1S/C13H20BrClN2S/c1-12(2,3)10-9(14)11(15)17-8(16-10)7-18-13(4,5)6/h7H2,1-6H3. The van der Waals surface area contributed by atoms with Crippen molar-refractivity contribution in [3.63, 3.8) is 0 Å². The van der Waals surface area contributed by atoms with E-state index in [9.17, 15) is 0 Å². The van der Waals surface area contributed by atoms with Crippen molar-refractivity contribution in [1.29, 1.82) is 0 Å². The van der Waals surface area contributed by atoms with E-state index in [2.05, 4.69) is 67.4 Å². The van der Waals surface area contributed by atoms with Crippen molar-refractivity contribution in [3.8, 4) is 0 Å². The first-order chi connectivity index (χ1) is 8.00. The first-order valence-corrected chi connectivity index (χ1v) is 8.03. The molecule has 0 atom stereocenters. The van der Waals surface area contributed by atoms with Gasteiger partial charge in [0.25, 0.3) is 0 Å². The Morgan fingerprint density at radius 3 is 2.11 bits per heavy atom. The van der Waals surface area contributed by atoms with Gasteiger partial charge in [-0.1, -0.05) is 53.1 Å². The van der Waals surface area contributed by atoms with E-state index in [-0.39, 0.29) is 10.2 Å². The topological polar surface area (TPSA) is 25.8 Å². The first kappa shape index (κ1) is 16.3. The molecule has 0 saturated heterocycles. The molecule has 0 aliphatic heterocycles. The Balaban J connectivity index is 3.06. The summed E-state index contributed by atoms with van der Waals surface area (Å²) in [5.74, 6) is 1.58. The Hall–Kier alpha value is 0.200. The van der Waals surface area contributed by atoms with Gasteiger partial charge in [0.2, 0.25) is 0 Å². The summed E-state index contributed by atoms with van der Waals surface area (Å²) in [7, 11) is 0. The maximum atomic E-state index is 6.17. The minimum Gasteiger partial charge on any atom is -0.235 e. The molecule has 18 heavy (non-hydrogen) atoms. The monoisotopic (exact) mass is 350 g/mol. The van der Waals surface area contributed by atoms with Crippen LogP contribution in [0.5, 0.6) is 0 Å². The van der Waals surface area contributed by atoms with Crippen molar-refractivity contribution in [2.45, 2.75) is 57.5 Å². The number of hydrogen-bond acceptors (Lipinski definition) is 3. The highest BCUT2D eigenvalue weighted by Gasteiger charge is 2.23. The summed E-state index contributed by atoms with van der Waals surface area (Å²) in [4.78, 5) is 8.98. The summed E-state index contributed by atoms with van der Waals surface area (Å²) in [5.41, 5.74) is 0.916. The number of hydrogen-bond donors (Lipinski definition) is 0. The fourth-order valence-corrected chi connectivity index (χ4v) is 2.96. The van der Waals surface area contributed by atoms with Crippen LogP contribution in [0.1, 0.15) is 53.1 Å². The van der Waals surface area contributed by atoms with Crippen molar-refractivity contribution < 1.29 is 0 Å². The van der Waals surface area contributed by atoms with Gasteiger partial charge in [0.15, 0.2) is 0 Å². The SMILES string of the molecule is CC(C)(C)SCc1nc(Cl)c(Br)c(C(C)(C)C)n1. The molecule has 2 nitrogen and oxygen atoms in total. The summed E-state index contributed by atoms with van der Waals surface area (Å²) < 4.78 is 1.01. The van der Waals surface area contributed by atoms with Gasteiger partial charge in [0, 0.05) is 10.2 Å². The van der Waals surface area contributed by atoms with Crippen molar-refractivity contribution >= 4 is 39.3 Å². The van der Waals surface area contributed by atoms with Crippen LogP contribution in [0.2, 0.25) is 5.15 Å². The molecule has 0 saturated carbocycles. The Labute approximate surface area is 127 Å². The maximum absolute atomic E-state index is 6.17. The van der Waals surface area contributed by atoms with Gasteiger partial charge >= 0.3 is 0 Å². The first-order valence-electron chi connectivity index (χ1n) is 5.87. The second-order valence-electron chi connectivity index (χ2n) is 6.24. The number of halogens is 2. The molecule has 1 aromatic heterocycles. The van der Waals surface area contributed by atoms with Crippen molar-refractivity contribution in [2.24, 2.45) is 0 Å². The summed E-state index contributed by atoms with van der Waals surface area (Å²) in [6, 6.07) is 0. The molecule has 0 N–H and O–H groups in total. The maximum Gasteiger partial charge on any atom is 0.147 e. The van der Waals surface area contributed by atoms with E-state index in [0.29, 0.717) is 5.15 Å². The zero-order valence-electron chi connectivity index (χ0n) is 11.8. The molecule has 102 valence electrons. The molecular formula is C13H20BrClN2S. The van der Waals surface area contributed by atoms with E-state index in [0.717, 1.165) is 21.7 Å². The molecule has 1 rings (SSSR count). The van der Waals surface area contributed by atoms with Crippen LogP contribution < -0.4 is 0 Å². The molecule has 0 bridgehead atoms. The zero-order valence-corrected chi connectivity index (χ0v) is 14.9. The highest BCUT2D eigenvalue weighted by molar-refractivity contribution is 9.10. The fourth-order valence-electron chi connectivity index (χ4n) is 1.31. The summed E-state index contributed by atoms with van der Waals surface area (Å²) in [6.45, 7) is 12.9. The van der Waals surface area contributed by atoms with Gasteiger partial charge in [-0.3, -0.25) is 0 Å². The minimum atomic E-state index is -0.0490. The second-order valence-corrected chi connectivity index (χ2v) is 9.20. The molecule has 0 spiro atoms. The van der Waals surface area contributed by atoms with E-state index in [1.54, 1.807) is 0 Å². The largest absolute Gasteiger partial charge is 0.235 e. The summed E-state index contributed by atoms with van der Waals surface area (Å²) in [5, 5.41) is 0.499. The predicted molar refractivity (Wildman–Crippen MR) is 84.5 cm³/mol. The molecule has 0 unspecified atom stereocenters. The molecule has 0 fully saturated rings. The molecule has 1 aromatic rings. The van der Waals surface area contributed by atoms with Gasteiger partial charge in [-0.2, -0.15) is 0 Å². The average Bonchev–Trinajstić information content (AvgIpc) is 2.16. The van der Waals surface area contributed by atoms with Crippen LogP contribution in [-0.2, 0) is 11.2 Å². The average molecular weight is 352 g/mol. The third-order valence-electron chi connectivity index (χ3n) is 2.20. The highest BCUT2D eigenvalue weighted by Crippen LogP contribution is 2.33. The van der Waals surface area contributed by atoms with Crippen LogP contribution in [0.4, 0.5) is 0 Å². The Kier molecular flexibility index (Phi) is 5.13. The van der Waals surface area contributed by atoms with Gasteiger partial charge < -0.3 is 0 Å². The molecule has 0 aromatic carbocycles. The third-order valence-corrected chi connectivity index (χ3v) is 4.72. The van der Waals surface area contributed by atoms with E-state index >= 15 is 0 Å². The lowest BCUT2D eigenvalue weighted by Crippen LogP contribution is -2.17. The predicted octanol–water partition coefficient (Wildman–Crippen LogP) is 5.22. The van der Waals surface area contributed by atoms with E-state index in [1.165, 1.54) is 0 Å². The van der Waals surface area contributed by atoms with Gasteiger partial charge in [-0.15, -0.1) is 11.8 Å². The second kappa shape index (κ2) is 5.68. The van der Waals surface area contributed by atoms with E-state index in [1.807, 2.05) is 11.8 Å². The lowest BCUT2D eigenvalue weighted by Gasteiger charge is -2.21. The number of thioether (sulfide) groups is 1. The van der Waals surface area contributed by atoms with Crippen molar-refractivity contribution in [1.82, 2.24) is 9.97 Å². The van der Waals surface area contributed by atoms with Crippen LogP contribution in [0, 0.1) is 0 Å². The third kappa shape index (κ3) is 4.71. The molecule has 1 heterocycles. The number of nitrogens with zero attached hydrogens (tertiary/aromatic N) is 2.